The molecular weight excluding hydrogens is 375 g/mol. The molecule has 1 aliphatic rings. The van der Waals surface area contributed by atoms with Gasteiger partial charge in [0.05, 0.1) is 20.2 Å². The average Bonchev–Trinajstić information content (AvgIpc) is 2.86. The van der Waals surface area contributed by atoms with E-state index in [1.807, 2.05) is 0 Å². The molecule has 28 heavy (non-hydrogen) atoms. The number of ether oxygens (including phenoxy) is 1. The molecule has 0 bridgehead atoms. The molecule has 6 nitrogen and oxygen atoms in total. The van der Waals surface area contributed by atoms with Gasteiger partial charge in [0.1, 0.15) is 7.85 Å². The molecule has 0 saturated heterocycles. The van der Waals surface area contributed by atoms with Gasteiger partial charge >= 0.3 is 10.1 Å². The van der Waals surface area contributed by atoms with Crippen molar-refractivity contribution in [2.24, 2.45) is 5.73 Å². The molecule has 0 amide bonds. The second-order valence-corrected chi connectivity index (χ2v) is 8.12. The van der Waals surface area contributed by atoms with E-state index in [1.54, 1.807) is 49.4 Å². The van der Waals surface area contributed by atoms with Gasteiger partial charge in [-0.3, -0.25) is 4.79 Å². The SMILES string of the molecule is [B]C([B])(c1ccccc1)S(=O)(=O)OC1=C(N)O[C@@]([B])(c2ccccc2C)C1=O. The van der Waals surface area contributed by atoms with E-state index in [0.29, 0.717) is 11.1 Å². The van der Waals surface area contributed by atoms with Crippen LogP contribution in [0.25, 0.3) is 0 Å². The number of hydrogen-bond donors (Lipinski definition) is 1. The van der Waals surface area contributed by atoms with Crippen LogP contribution in [0, 0.1) is 6.92 Å². The number of carbonyl (C=O) groups is 1. The first-order valence-corrected chi connectivity index (χ1v) is 9.57. The summed E-state index contributed by atoms with van der Waals surface area (Å²) in [5.74, 6) is -2.32. The number of ketones is 1. The van der Waals surface area contributed by atoms with Crippen molar-refractivity contribution in [3.8, 4) is 0 Å². The first-order chi connectivity index (χ1) is 13.0. The van der Waals surface area contributed by atoms with Gasteiger partial charge in [-0.1, -0.05) is 54.6 Å². The standard InChI is InChI=1S/C18H14B3NO5S/c1-11-7-5-6-10-13(11)17(19)15(23)14(16(22)26-17)27-28(24,25)18(20,21)12-8-3-2-4-9-12/h2-10H,22H2,1H3/t17-/m0/s1. The lowest BCUT2D eigenvalue weighted by atomic mass is 9.65. The highest BCUT2D eigenvalue weighted by molar-refractivity contribution is 7.90. The molecule has 2 aromatic carbocycles. The number of benzene rings is 2. The number of aryl methyl sites for hydroxylation is 1. The topological polar surface area (TPSA) is 95.7 Å². The number of hydrogen-bond acceptors (Lipinski definition) is 6. The molecule has 0 aliphatic carbocycles. The first kappa shape index (κ1) is 20.1. The maximum Gasteiger partial charge on any atom is 0.302 e. The molecule has 0 saturated carbocycles. The van der Waals surface area contributed by atoms with Gasteiger partial charge in [0, 0.05) is 0 Å². The second kappa shape index (κ2) is 6.77. The lowest BCUT2D eigenvalue weighted by Crippen LogP contribution is -2.40. The third-order valence-corrected chi connectivity index (χ3v) is 5.86. The zero-order valence-corrected chi connectivity index (χ0v) is 15.8. The minimum Gasteiger partial charge on any atom is -0.467 e. The van der Waals surface area contributed by atoms with Crippen LogP contribution < -0.4 is 5.73 Å². The van der Waals surface area contributed by atoms with E-state index in [-0.39, 0.29) is 5.56 Å². The molecule has 0 spiro atoms. The van der Waals surface area contributed by atoms with E-state index in [9.17, 15) is 13.2 Å². The van der Waals surface area contributed by atoms with Crippen molar-refractivity contribution >= 4 is 39.4 Å². The van der Waals surface area contributed by atoms with E-state index in [1.165, 1.54) is 12.1 Å². The summed E-state index contributed by atoms with van der Waals surface area (Å²) in [6, 6.07) is 14.3. The minimum absolute atomic E-state index is 0.0541. The summed E-state index contributed by atoms with van der Waals surface area (Å²) < 4.78 is 33.2. The second-order valence-electron chi connectivity index (χ2n) is 6.37. The van der Waals surface area contributed by atoms with Gasteiger partial charge < -0.3 is 14.7 Å². The molecular formula is C18H14B3NO5S. The molecule has 0 fully saturated rings. The summed E-state index contributed by atoms with van der Waals surface area (Å²) in [7, 11) is 13.0. The van der Waals surface area contributed by atoms with Gasteiger partial charge in [-0.05, 0) is 23.6 Å². The predicted octanol–water partition coefficient (Wildman–Crippen LogP) is 0.537. The molecule has 2 aromatic rings. The first-order valence-electron chi connectivity index (χ1n) is 8.16. The van der Waals surface area contributed by atoms with Crippen LogP contribution in [0.3, 0.4) is 0 Å². The Bertz CT molecular complexity index is 1070. The molecule has 0 aromatic heterocycles. The zero-order chi connectivity index (χ0) is 20.7. The molecule has 1 heterocycles. The van der Waals surface area contributed by atoms with E-state index >= 15 is 0 Å². The van der Waals surface area contributed by atoms with Gasteiger partial charge in [0.25, 0.3) is 0 Å². The van der Waals surface area contributed by atoms with Gasteiger partial charge in [-0.25, -0.2) is 0 Å². The highest BCUT2D eigenvalue weighted by Gasteiger charge is 2.50. The lowest BCUT2D eigenvalue weighted by Gasteiger charge is -2.27. The fraction of sp³-hybridized carbons (Fsp3) is 0.167. The largest absolute Gasteiger partial charge is 0.467 e. The van der Waals surface area contributed by atoms with Gasteiger partial charge in [-0.2, -0.15) is 8.42 Å². The van der Waals surface area contributed by atoms with Crippen LogP contribution in [0.1, 0.15) is 16.7 Å². The Labute approximate surface area is 167 Å². The Morgan fingerprint density at radius 1 is 1.07 bits per heavy atom. The summed E-state index contributed by atoms with van der Waals surface area (Å²) in [4.78, 5) is 12.9. The van der Waals surface area contributed by atoms with Crippen LogP contribution in [-0.2, 0) is 33.9 Å². The smallest absolute Gasteiger partial charge is 0.302 e. The fourth-order valence-corrected chi connectivity index (χ4v) is 3.75. The van der Waals surface area contributed by atoms with Crippen molar-refractivity contribution in [2.75, 3.05) is 0 Å². The summed E-state index contributed by atoms with van der Waals surface area (Å²) in [6.07, 6.45) is 0. The Morgan fingerprint density at radius 3 is 2.25 bits per heavy atom. The number of nitrogens with two attached hydrogens (primary N) is 1. The maximum atomic E-state index is 12.9. The summed E-state index contributed by atoms with van der Waals surface area (Å²) in [5.41, 5.74) is 4.69. The molecule has 2 N–H and O–H groups in total. The Hall–Kier alpha value is -2.61. The zero-order valence-electron chi connectivity index (χ0n) is 15.0. The van der Waals surface area contributed by atoms with Crippen molar-refractivity contribution < 1.29 is 22.1 Å². The number of rotatable bonds is 5. The lowest BCUT2D eigenvalue weighted by molar-refractivity contribution is -0.126. The van der Waals surface area contributed by atoms with Crippen LogP contribution in [-0.4, -0.2) is 37.7 Å². The molecule has 0 unspecified atom stereocenters. The average molecular weight is 389 g/mol. The Kier molecular flexibility index (Phi) is 4.87. The maximum absolute atomic E-state index is 12.9. The van der Waals surface area contributed by atoms with Gasteiger partial charge in [0.2, 0.25) is 17.4 Å². The van der Waals surface area contributed by atoms with Crippen LogP contribution in [0.2, 0.25) is 0 Å². The summed E-state index contributed by atoms with van der Waals surface area (Å²) in [6.45, 7) is 1.71. The molecule has 6 radical (unpaired) electrons. The highest BCUT2D eigenvalue weighted by atomic mass is 32.2. The van der Waals surface area contributed by atoms with E-state index in [2.05, 4.69) is 0 Å². The highest BCUT2D eigenvalue weighted by Crippen LogP contribution is 2.38. The van der Waals surface area contributed by atoms with Crippen LogP contribution in [0.15, 0.2) is 66.2 Å². The van der Waals surface area contributed by atoms with Crippen molar-refractivity contribution in [1.29, 1.82) is 0 Å². The molecule has 3 rings (SSSR count). The normalized spacial score (nSPS) is 20.1. The van der Waals surface area contributed by atoms with Crippen LogP contribution in [0.5, 0.6) is 0 Å². The van der Waals surface area contributed by atoms with Crippen LogP contribution in [0.4, 0.5) is 0 Å². The van der Waals surface area contributed by atoms with Gasteiger partial charge in [-0.15, -0.1) is 0 Å². The Balaban J connectivity index is 1.96. The van der Waals surface area contributed by atoms with Crippen molar-refractivity contribution in [2.45, 2.75) is 17.0 Å². The summed E-state index contributed by atoms with van der Waals surface area (Å²) >= 11 is 0. The predicted molar refractivity (Wildman–Crippen MR) is 106 cm³/mol. The van der Waals surface area contributed by atoms with Crippen molar-refractivity contribution in [3.63, 3.8) is 0 Å². The minimum atomic E-state index is -4.74. The van der Waals surface area contributed by atoms with E-state index in [0.717, 1.165) is 0 Å². The molecule has 10 heteroatoms. The third-order valence-electron chi connectivity index (χ3n) is 4.42. The molecule has 1 aliphatic heterocycles. The number of Topliss-reactive ketones (excluding diaryl/α,β-unsaturated/α-hetero) is 1. The van der Waals surface area contributed by atoms with E-state index < -0.39 is 37.6 Å². The van der Waals surface area contributed by atoms with Gasteiger partial charge in [0.15, 0.2) is 5.50 Å². The monoisotopic (exact) mass is 389 g/mol. The molecule has 136 valence electrons. The fourth-order valence-electron chi connectivity index (χ4n) is 2.81. The molecule has 1 atom stereocenters. The summed E-state index contributed by atoms with van der Waals surface area (Å²) in [5, 5.41) is 0. The quantitative estimate of drug-likeness (QED) is 0.593. The van der Waals surface area contributed by atoms with E-state index in [4.69, 9.17) is 38.2 Å². The van der Waals surface area contributed by atoms with Crippen LogP contribution >= 0.6 is 0 Å². The third kappa shape index (κ3) is 3.11. The van der Waals surface area contributed by atoms with Crippen molar-refractivity contribution in [3.05, 3.63) is 82.9 Å². The number of carbonyl (C=O) groups excluding carboxylic acids is 1. The Morgan fingerprint density at radius 2 is 1.64 bits per heavy atom. The van der Waals surface area contributed by atoms with Crippen molar-refractivity contribution in [1.82, 2.24) is 0 Å².